The first-order valence-electron chi connectivity index (χ1n) is 6.13. The Balaban J connectivity index is 2.17. The number of hydrogen-bond donors (Lipinski definition) is 2. The summed E-state index contributed by atoms with van der Waals surface area (Å²) in [6.45, 7) is 2.12. The number of hydrogen-bond acceptors (Lipinski definition) is 3. The zero-order valence-electron chi connectivity index (χ0n) is 9.90. The lowest BCUT2D eigenvalue weighted by molar-refractivity contribution is 0.268. The lowest BCUT2D eigenvalue weighted by atomic mass is 10.1. The molecule has 94 valence electrons. The van der Waals surface area contributed by atoms with Crippen molar-refractivity contribution in [2.75, 3.05) is 24.6 Å². The smallest absolute Gasteiger partial charge is 0.0624 e. The molecule has 1 atom stereocenters. The molecular weight excluding hydrogens is 236 g/mol. The highest BCUT2D eigenvalue weighted by Gasteiger charge is 2.14. The van der Waals surface area contributed by atoms with Crippen LogP contribution in [0.1, 0.15) is 30.9 Å². The molecule has 0 amide bonds. The number of benzene rings is 1. The minimum absolute atomic E-state index is 0.0806. The standard InChI is InChI=1S/C13H19ClN2O/c14-12-8-10(16-6-2-1-3-7-16)4-5-11(12)13(15)9-17/h4-5,8,13,17H,1-3,6-7,9,15H2/t13-/m1/s1. The molecule has 0 aromatic heterocycles. The van der Waals surface area contributed by atoms with Crippen LogP contribution >= 0.6 is 11.6 Å². The molecule has 1 aromatic rings. The summed E-state index contributed by atoms with van der Waals surface area (Å²) in [5.41, 5.74) is 7.75. The Hall–Kier alpha value is -0.770. The second-order valence-electron chi connectivity index (χ2n) is 4.54. The van der Waals surface area contributed by atoms with Crippen molar-refractivity contribution in [3.05, 3.63) is 28.8 Å². The van der Waals surface area contributed by atoms with Crippen molar-refractivity contribution in [2.24, 2.45) is 5.73 Å². The van der Waals surface area contributed by atoms with E-state index in [9.17, 15) is 0 Å². The Kier molecular flexibility index (Phi) is 4.26. The van der Waals surface area contributed by atoms with Gasteiger partial charge >= 0.3 is 0 Å². The maximum absolute atomic E-state index is 9.04. The number of anilines is 1. The Bertz CT molecular complexity index is 378. The van der Waals surface area contributed by atoms with Crippen LogP contribution in [0.3, 0.4) is 0 Å². The minimum atomic E-state index is -0.391. The van der Waals surface area contributed by atoms with Crippen LogP contribution in [0.4, 0.5) is 5.69 Å². The van der Waals surface area contributed by atoms with Crippen LogP contribution in [0.2, 0.25) is 5.02 Å². The normalized spacial score (nSPS) is 18.2. The molecular formula is C13H19ClN2O. The lowest BCUT2D eigenvalue weighted by Crippen LogP contribution is -2.29. The molecule has 17 heavy (non-hydrogen) atoms. The van der Waals surface area contributed by atoms with E-state index in [0.29, 0.717) is 5.02 Å². The summed E-state index contributed by atoms with van der Waals surface area (Å²) in [5, 5.41) is 9.68. The lowest BCUT2D eigenvalue weighted by Gasteiger charge is -2.29. The molecule has 4 heteroatoms. The van der Waals surface area contributed by atoms with Gasteiger partial charge in [-0.15, -0.1) is 0 Å². The fourth-order valence-electron chi connectivity index (χ4n) is 2.26. The number of nitrogens with zero attached hydrogens (tertiary/aromatic N) is 1. The average Bonchev–Trinajstić information content (AvgIpc) is 2.39. The van der Waals surface area contributed by atoms with E-state index < -0.39 is 6.04 Å². The summed E-state index contributed by atoms with van der Waals surface area (Å²) in [6, 6.07) is 5.53. The van der Waals surface area contributed by atoms with Gasteiger partial charge in [0.2, 0.25) is 0 Å². The highest BCUT2D eigenvalue weighted by atomic mass is 35.5. The molecule has 1 aliphatic rings. The van der Waals surface area contributed by atoms with Crippen LogP contribution in [-0.2, 0) is 0 Å². The topological polar surface area (TPSA) is 49.5 Å². The van der Waals surface area contributed by atoms with Crippen molar-refractivity contribution in [1.82, 2.24) is 0 Å². The van der Waals surface area contributed by atoms with Gasteiger partial charge in [0.1, 0.15) is 0 Å². The van der Waals surface area contributed by atoms with Crippen molar-refractivity contribution < 1.29 is 5.11 Å². The van der Waals surface area contributed by atoms with Gasteiger partial charge in [0.25, 0.3) is 0 Å². The molecule has 0 unspecified atom stereocenters. The summed E-state index contributed by atoms with van der Waals surface area (Å²) in [6.07, 6.45) is 3.81. The van der Waals surface area contributed by atoms with E-state index in [1.807, 2.05) is 18.2 Å². The van der Waals surface area contributed by atoms with Gasteiger partial charge in [0, 0.05) is 23.8 Å². The van der Waals surface area contributed by atoms with Gasteiger partial charge in [-0.05, 0) is 37.0 Å². The van der Waals surface area contributed by atoms with Crippen LogP contribution in [0.15, 0.2) is 18.2 Å². The molecule has 2 rings (SSSR count). The number of nitrogens with two attached hydrogens (primary N) is 1. The SMILES string of the molecule is N[C@H](CO)c1ccc(N2CCCCC2)cc1Cl. The number of aliphatic hydroxyl groups is 1. The van der Waals surface area contributed by atoms with Gasteiger partial charge < -0.3 is 15.7 Å². The van der Waals surface area contributed by atoms with Gasteiger partial charge in [-0.2, -0.15) is 0 Å². The van der Waals surface area contributed by atoms with Crippen molar-refractivity contribution in [3.63, 3.8) is 0 Å². The van der Waals surface area contributed by atoms with E-state index in [4.69, 9.17) is 22.4 Å². The molecule has 0 spiro atoms. The van der Waals surface area contributed by atoms with E-state index >= 15 is 0 Å². The number of halogens is 1. The van der Waals surface area contributed by atoms with Crippen molar-refractivity contribution in [3.8, 4) is 0 Å². The quantitative estimate of drug-likeness (QED) is 0.871. The van der Waals surface area contributed by atoms with E-state index in [0.717, 1.165) is 24.3 Å². The predicted molar refractivity (Wildman–Crippen MR) is 71.5 cm³/mol. The van der Waals surface area contributed by atoms with E-state index in [1.54, 1.807) is 0 Å². The largest absolute Gasteiger partial charge is 0.394 e. The Morgan fingerprint density at radius 1 is 1.29 bits per heavy atom. The third-order valence-electron chi connectivity index (χ3n) is 3.30. The van der Waals surface area contributed by atoms with Gasteiger partial charge in [-0.1, -0.05) is 17.7 Å². The van der Waals surface area contributed by atoms with Crippen LogP contribution in [0.25, 0.3) is 0 Å². The van der Waals surface area contributed by atoms with E-state index in [2.05, 4.69) is 4.90 Å². The average molecular weight is 255 g/mol. The first-order chi connectivity index (χ1) is 8.22. The first-order valence-corrected chi connectivity index (χ1v) is 6.51. The maximum atomic E-state index is 9.04. The van der Waals surface area contributed by atoms with Crippen molar-refractivity contribution in [2.45, 2.75) is 25.3 Å². The van der Waals surface area contributed by atoms with Crippen LogP contribution in [0.5, 0.6) is 0 Å². The van der Waals surface area contributed by atoms with Crippen molar-refractivity contribution in [1.29, 1.82) is 0 Å². The highest BCUT2D eigenvalue weighted by molar-refractivity contribution is 6.31. The molecule has 1 fully saturated rings. The molecule has 1 heterocycles. The fourth-order valence-corrected chi connectivity index (χ4v) is 2.58. The third kappa shape index (κ3) is 2.92. The third-order valence-corrected chi connectivity index (χ3v) is 3.63. The molecule has 1 aromatic carbocycles. The van der Waals surface area contributed by atoms with Crippen molar-refractivity contribution >= 4 is 17.3 Å². The molecule has 0 bridgehead atoms. The predicted octanol–water partition coefficient (Wildman–Crippen LogP) is 2.32. The second kappa shape index (κ2) is 5.71. The minimum Gasteiger partial charge on any atom is -0.394 e. The zero-order valence-corrected chi connectivity index (χ0v) is 10.7. The number of piperidine rings is 1. The fraction of sp³-hybridized carbons (Fsp3) is 0.538. The molecule has 3 N–H and O–H groups in total. The molecule has 3 nitrogen and oxygen atoms in total. The Labute approximate surface area is 107 Å². The van der Waals surface area contributed by atoms with Gasteiger partial charge in [-0.3, -0.25) is 0 Å². The van der Waals surface area contributed by atoms with Crippen LogP contribution < -0.4 is 10.6 Å². The molecule has 0 aliphatic carbocycles. The van der Waals surface area contributed by atoms with E-state index in [-0.39, 0.29) is 6.61 Å². The molecule has 0 radical (unpaired) electrons. The highest BCUT2D eigenvalue weighted by Crippen LogP contribution is 2.28. The Morgan fingerprint density at radius 2 is 2.00 bits per heavy atom. The molecule has 1 aliphatic heterocycles. The maximum Gasteiger partial charge on any atom is 0.0624 e. The molecule has 0 saturated carbocycles. The monoisotopic (exact) mass is 254 g/mol. The van der Waals surface area contributed by atoms with Gasteiger partial charge in [-0.25, -0.2) is 0 Å². The first kappa shape index (κ1) is 12.7. The Morgan fingerprint density at radius 3 is 2.59 bits per heavy atom. The van der Waals surface area contributed by atoms with Crippen LogP contribution in [-0.4, -0.2) is 24.8 Å². The summed E-state index contributed by atoms with van der Waals surface area (Å²) in [4.78, 5) is 2.35. The van der Waals surface area contributed by atoms with Gasteiger partial charge in [0.05, 0.1) is 12.6 Å². The summed E-state index contributed by atoms with van der Waals surface area (Å²) in [5.74, 6) is 0. The van der Waals surface area contributed by atoms with E-state index in [1.165, 1.54) is 19.3 Å². The summed E-state index contributed by atoms with van der Waals surface area (Å²) in [7, 11) is 0. The summed E-state index contributed by atoms with van der Waals surface area (Å²) < 4.78 is 0. The zero-order chi connectivity index (χ0) is 12.3. The van der Waals surface area contributed by atoms with Crippen LogP contribution in [0, 0.1) is 0 Å². The second-order valence-corrected chi connectivity index (χ2v) is 4.95. The van der Waals surface area contributed by atoms with Gasteiger partial charge in [0.15, 0.2) is 0 Å². The number of aliphatic hydroxyl groups excluding tert-OH is 1. The number of rotatable bonds is 3. The molecule has 1 saturated heterocycles. The summed E-state index contributed by atoms with van der Waals surface area (Å²) >= 11 is 6.20.